The van der Waals surface area contributed by atoms with Crippen LogP contribution in [0, 0.1) is 22.9 Å². The molecule has 104 valence electrons. The zero-order valence-electron chi connectivity index (χ0n) is 11.0. The van der Waals surface area contributed by atoms with Crippen LogP contribution in [-0.2, 0) is 4.74 Å². The second-order valence-electron chi connectivity index (χ2n) is 4.92. The summed E-state index contributed by atoms with van der Waals surface area (Å²) in [5, 5.41) is 14.1. The van der Waals surface area contributed by atoms with Gasteiger partial charge in [-0.05, 0) is 38.3 Å². The quantitative estimate of drug-likeness (QED) is 0.676. The molecule has 1 aromatic rings. The SMILES string of the molecule is Cc1cc(NC2CCOC(C)C2)c([N+](=O)[O-])cc1F. The van der Waals surface area contributed by atoms with E-state index in [4.69, 9.17) is 4.74 Å². The Morgan fingerprint density at radius 1 is 1.53 bits per heavy atom. The zero-order chi connectivity index (χ0) is 14.0. The molecular formula is C13H17FN2O3. The minimum atomic E-state index is -0.562. The van der Waals surface area contributed by atoms with Crippen LogP contribution in [0.1, 0.15) is 25.3 Å². The first-order chi connectivity index (χ1) is 8.97. The first kappa shape index (κ1) is 13.7. The van der Waals surface area contributed by atoms with Crippen molar-refractivity contribution in [2.24, 2.45) is 0 Å². The van der Waals surface area contributed by atoms with Crippen molar-refractivity contribution in [2.75, 3.05) is 11.9 Å². The normalized spacial score (nSPS) is 23.1. The summed E-state index contributed by atoms with van der Waals surface area (Å²) in [7, 11) is 0. The standard InChI is InChI=1S/C13H17FN2O3/c1-8-5-12(13(16(17)18)7-11(8)14)15-10-3-4-19-9(2)6-10/h5,7,9-10,15H,3-4,6H2,1-2H3. The fourth-order valence-electron chi connectivity index (χ4n) is 2.29. The monoisotopic (exact) mass is 268 g/mol. The lowest BCUT2D eigenvalue weighted by Crippen LogP contribution is -2.32. The van der Waals surface area contributed by atoms with Crippen LogP contribution in [0.3, 0.4) is 0 Å². The van der Waals surface area contributed by atoms with Crippen LogP contribution in [0.5, 0.6) is 0 Å². The highest BCUT2D eigenvalue weighted by molar-refractivity contribution is 5.63. The summed E-state index contributed by atoms with van der Waals surface area (Å²) in [6, 6.07) is 2.58. The van der Waals surface area contributed by atoms with Crippen molar-refractivity contribution in [3.63, 3.8) is 0 Å². The molecule has 1 saturated heterocycles. The highest BCUT2D eigenvalue weighted by atomic mass is 19.1. The molecule has 0 bridgehead atoms. The van der Waals surface area contributed by atoms with Gasteiger partial charge in [0, 0.05) is 12.6 Å². The minimum absolute atomic E-state index is 0.118. The van der Waals surface area contributed by atoms with Crippen LogP contribution >= 0.6 is 0 Å². The number of hydrogen-bond donors (Lipinski definition) is 1. The van der Waals surface area contributed by atoms with Gasteiger partial charge in [-0.3, -0.25) is 10.1 Å². The van der Waals surface area contributed by atoms with E-state index in [0.29, 0.717) is 17.9 Å². The molecule has 1 heterocycles. The third-order valence-corrected chi connectivity index (χ3v) is 3.32. The predicted octanol–water partition coefficient (Wildman–Crippen LogP) is 3.02. The van der Waals surface area contributed by atoms with E-state index in [9.17, 15) is 14.5 Å². The molecule has 0 aliphatic carbocycles. The number of benzene rings is 1. The fraction of sp³-hybridized carbons (Fsp3) is 0.538. The molecule has 6 heteroatoms. The first-order valence-electron chi connectivity index (χ1n) is 6.30. The Balaban J connectivity index is 2.23. The smallest absolute Gasteiger partial charge is 0.295 e. The van der Waals surface area contributed by atoms with Gasteiger partial charge >= 0.3 is 0 Å². The summed E-state index contributed by atoms with van der Waals surface area (Å²) < 4.78 is 18.8. The molecular weight excluding hydrogens is 251 g/mol. The van der Waals surface area contributed by atoms with E-state index in [1.807, 2.05) is 6.92 Å². The van der Waals surface area contributed by atoms with Crippen LogP contribution in [0.25, 0.3) is 0 Å². The van der Waals surface area contributed by atoms with E-state index in [1.165, 1.54) is 6.07 Å². The van der Waals surface area contributed by atoms with Gasteiger partial charge in [0.1, 0.15) is 11.5 Å². The highest BCUT2D eigenvalue weighted by Gasteiger charge is 2.23. The van der Waals surface area contributed by atoms with Crippen LogP contribution in [0.4, 0.5) is 15.8 Å². The molecule has 19 heavy (non-hydrogen) atoms. The van der Waals surface area contributed by atoms with Gasteiger partial charge in [0.25, 0.3) is 5.69 Å². The van der Waals surface area contributed by atoms with E-state index in [0.717, 1.165) is 18.9 Å². The van der Waals surface area contributed by atoms with Crippen LogP contribution in [0.2, 0.25) is 0 Å². The summed E-state index contributed by atoms with van der Waals surface area (Å²) in [6.07, 6.45) is 1.71. The van der Waals surface area contributed by atoms with Gasteiger partial charge in [-0.15, -0.1) is 0 Å². The molecule has 5 nitrogen and oxygen atoms in total. The summed E-state index contributed by atoms with van der Waals surface area (Å²) in [4.78, 5) is 10.4. The van der Waals surface area contributed by atoms with E-state index in [2.05, 4.69) is 5.32 Å². The van der Waals surface area contributed by atoms with Gasteiger partial charge in [0.2, 0.25) is 0 Å². The Morgan fingerprint density at radius 2 is 2.26 bits per heavy atom. The average molecular weight is 268 g/mol. The molecule has 1 N–H and O–H groups in total. The van der Waals surface area contributed by atoms with E-state index < -0.39 is 10.7 Å². The maximum absolute atomic E-state index is 13.4. The molecule has 0 radical (unpaired) electrons. The number of nitrogens with one attached hydrogen (secondary N) is 1. The topological polar surface area (TPSA) is 64.4 Å². The van der Waals surface area contributed by atoms with E-state index >= 15 is 0 Å². The van der Waals surface area contributed by atoms with Crippen molar-refractivity contribution in [3.05, 3.63) is 33.6 Å². The number of nitrogens with zero attached hydrogens (tertiary/aromatic N) is 1. The van der Waals surface area contributed by atoms with Crippen molar-refractivity contribution >= 4 is 11.4 Å². The maximum Gasteiger partial charge on any atom is 0.295 e. The number of nitro groups is 1. The third-order valence-electron chi connectivity index (χ3n) is 3.32. The number of hydrogen-bond acceptors (Lipinski definition) is 4. The lowest BCUT2D eigenvalue weighted by Gasteiger charge is -2.28. The molecule has 2 atom stereocenters. The molecule has 1 aliphatic rings. The van der Waals surface area contributed by atoms with Crippen molar-refractivity contribution < 1.29 is 14.1 Å². The molecule has 2 unspecified atom stereocenters. The first-order valence-corrected chi connectivity index (χ1v) is 6.30. The lowest BCUT2D eigenvalue weighted by molar-refractivity contribution is -0.384. The fourth-order valence-corrected chi connectivity index (χ4v) is 2.29. The molecule has 0 amide bonds. The average Bonchev–Trinajstić information content (AvgIpc) is 2.33. The van der Waals surface area contributed by atoms with Crippen molar-refractivity contribution in [3.8, 4) is 0 Å². The number of nitro benzene ring substituents is 1. The molecule has 1 aliphatic heterocycles. The Hall–Kier alpha value is -1.69. The lowest BCUT2D eigenvalue weighted by atomic mass is 10.0. The number of aryl methyl sites for hydroxylation is 1. The largest absolute Gasteiger partial charge is 0.378 e. The summed E-state index contributed by atoms with van der Waals surface area (Å²) >= 11 is 0. The summed E-state index contributed by atoms with van der Waals surface area (Å²) in [5.74, 6) is -0.558. The second kappa shape index (κ2) is 5.52. The van der Waals surface area contributed by atoms with Gasteiger partial charge in [0.15, 0.2) is 0 Å². The second-order valence-corrected chi connectivity index (χ2v) is 4.92. The highest BCUT2D eigenvalue weighted by Crippen LogP contribution is 2.29. The maximum atomic E-state index is 13.4. The van der Waals surface area contributed by atoms with Crippen molar-refractivity contribution in [1.29, 1.82) is 0 Å². The Kier molecular flexibility index (Phi) is 3.99. The Bertz CT molecular complexity index is 493. The number of rotatable bonds is 3. The van der Waals surface area contributed by atoms with E-state index in [1.54, 1.807) is 6.92 Å². The summed E-state index contributed by atoms with van der Waals surface area (Å²) in [5.41, 5.74) is 0.554. The van der Waals surface area contributed by atoms with Gasteiger partial charge in [-0.1, -0.05) is 0 Å². The van der Waals surface area contributed by atoms with Gasteiger partial charge in [-0.25, -0.2) is 4.39 Å². The van der Waals surface area contributed by atoms with Crippen LogP contribution in [-0.4, -0.2) is 23.7 Å². The molecule has 1 fully saturated rings. The van der Waals surface area contributed by atoms with Crippen molar-refractivity contribution in [2.45, 2.75) is 38.8 Å². The third kappa shape index (κ3) is 3.20. The molecule has 0 spiro atoms. The van der Waals surface area contributed by atoms with Gasteiger partial charge in [-0.2, -0.15) is 0 Å². The predicted molar refractivity (Wildman–Crippen MR) is 69.9 cm³/mol. The van der Waals surface area contributed by atoms with E-state index in [-0.39, 0.29) is 17.8 Å². The zero-order valence-corrected chi connectivity index (χ0v) is 11.0. The summed E-state index contributed by atoms with van der Waals surface area (Å²) in [6.45, 7) is 4.20. The van der Waals surface area contributed by atoms with Crippen molar-refractivity contribution in [1.82, 2.24) is 0 Å². The van der Waals surface area contributed by atoms with Crippen LogP contribution in [0.15, 0.2) is 12.1 Å². The molecule has 0 aromatic heterocycles. The Labute approximate surface area is 110 Å². The molecule has 0 saturated carbocycles. The molecule has 2 rings (SSSR count). The van der Waals surface area contributed by atoms with Gasteiger partial charge < -0.3 is 10.1 Å². The minimum Gasteiger partial charge on any atom is -0.378 e. The number of halogens is 1. The Morgan fingerprint density at radius 3 is 2.89 bits per heavy atom. The number of anilines is 1. The van der Waals surface area contributed by atoms with Gasteiger partial charge in [0.05, 0.1) is 17.1 Å². The molecule has 1 aromatic carbocycles. The number of ether oxygens (including phenoxy) is 1. The van der Waals surface area contributed by atoms with Crippen LogP contribution < -0.4 is 5.32 Å².